The SMILES string of the molecule is O=P([O-])(O)C(F)F.[Na+]. The third kappa shape index (κ3) is 5.15. The van der Waals surface area contributed by atoms with Crippen LogP contribution < -0.4 is 34.5 Å². The van der Waals surface area contributed by atoms with Crippen LogP contribution in [0.3, 0.4) is 0 Å². The molecular formula is CH2F2NaO3P. The van der Waals surface area contributed by atoms with Gasteiger partial charge in [0.25, 0.3) is 6.17 Å². The van der Waals surface area contributed by atoms with Gasteiger partial charge in [-0.15, -0.1) is 0 Å². The number of halogens is 2. The summed E-state index contributed by atoms with van der Waals surface area (Å²) in [4.78, 5) is 16.5. The largest absolute Gasteiger partial charge is 1.00 e. The molecule has 8 heavy (non-hydrogen) atoms. The van der Waals surface area contributed by atoms with E-state index in [4.69, 9.17) is 14.4 Å². The molecule has 44 valence electrons. The molecule has 7 heteroatoms. The molecular weight excluding hydrogens is 152 g/mol. The van der Waals surface area contributed by atoms with E-state index in [1.807, 2.05) is 0 Å². The minimum absolute atomic E-state index is 0. The minimum atomic E-state index is -5.32. The molecule has 0 aromatic carbocycles. The molecule has 0 saturated carbocycles. The first-order valence-electron chi connectivity index (χ1n) is 1.26. The maximum absolute atomic E-state index is 10.7. The van der Waals surface area contributed by atoms with Crippen molar-refractivity contribution in [2.45, 2.75) is 6.17 Å². The Morgan fingerprint density at radius 2 is 1.75 bits per heavy atom. The molecule has 0 aliphatic heterocycles. The van der Waals surface area contributed by atoms with E-state index in [1.54, 1.807) is 0 Å². The fourth-order valence-corrected chi connectivity index (χ4v) is 0. The average Bonchev–Trinajstić information content (AvgIpc) is 1.31. The zero-order valence-electron chi connectivity index (χ0n) is 4.04. The van der Waals surface area contributed by atoms with Crippen molar-refractivity contribution in [3.05, 3.63) is 0 Å². The van der Waals surface area contributed by atoms with Crippen LogP contribution in [0.1, 0.15) is 0 Å². The van der Waals surface area contributed by atoms with E-state index in [-0.39, 0.29) is 29.6 Å². The summed E-state index contributed by atoms with van der Waals surface area (Å²) in [6.07, 6.45) is -3.65. The van der Waals surface area contributed by atoms with E-state index in [0.29, 0.717) is 0 Å². The molecule has 0 aliphatic carbocycles. The van der Waals surface area contributed by atoms with Crippen LogP contribution in [-0.4, -0.2) is 11.1 Å². The van der Waals surface area contributed by atoms with Gasteiger partial charge in [-0.25, -0.2) is 8.78 Å². The van der Waals surface area contributed by atoms with E-state index >= 15 is 0 Å². The quantitative estimate of drug-likeness (QED) is 0.319. The first-order valence-corrected chi connectivity index (χ1v) is 2.91. The molecule has 0 aromatic rings. The molecule has 0 saturated heterocycles. The van der Waals surface area contributed by atoms with Gasteiger partial charge < -0.3 is 14.4 Å². The van der Waals surface area contributed by atoms with Gasteiger partial charge in [0.15, 0.2) is 7.60 Å². The van der Waals surface area contributed by atoms with Gasteiger partial charge in [-0.3, -0.25) is 0 Å². The second-order valence-corrected chi connectivity index (χ2v) is 2.36. The molecule has 0 radical (unpaired) electrons. The van der Waals surface area contributed by atoms with Crippen molar-refractivity contribution in [3.8, 4) is 0 Å². The molecule has 0 aromatic heterocycles. The number of hydrogen-bond acceptors (Lipinski definition) is 2. The van der Waals surface area contributed by atoms with Crippen LogP contribution in [0, 0.1) is 0 Å². The molecule has 1 atom stereocenters. The van der Waals surface area contributed by atoms with E-state index in [1.165, 1.54) is 0 Å². The first-order chi connectivity index (χ1) is 2.94. The summed E-state index contributed by atoms with van der Waals surface area (Å²) in [7, 11) is -5.32. The standard InChI is InChI=1S/CH3F2O3P.Na/c2-1(3)7(4,5)6;/h1H,(H2,4,5,6);/q;+1/p-1. The van der Waals surface area contributed by atoms with Crippen LogP contribution >= 0.6 is 7.60 Å². The van der Waals surface area contributed by atoms with Crippen molar-refractivity contribution < 1.29 is 52.7 Å². The molecule has 0 bridgehead atoms. The van der Waals surface area contributed by atoms with Crippen molar-refractivity contribution in [1.82, 2.24) is 0 Å². The Bertz CT molecular complexity index is 99.5. The van der Waals surface area contributed by atoms with Gasteiger partial charge in [-0.1, -0.05) is 0 Å². The molecule has 0 fully saturated rings. The molecule has 0 amide bonds. The summed E-state index contributed by atoms with van der Waals surface area (Å²) in [5, 5.41) is 0. The van der Waals surface area contributed by atoms with Crippen molar-refractivity contribution in [3.63, 3.8) is 0 Å². The smallest absolute Gasteiger partial charge is 0.775 e. The monoisotopic (exact) mass is 154 g/mol. The van der Waals surface area contributed by atoms with Gasteiger partial charge in [0.1, 0.15) is 0 Å². The van der Waals surface area contributed by atoms with E-state index < -0.39 is 13.8 Å². The first kappa shape index (κ1) is 11.8. The summed E-state index contributed by atoms with van der Waals surface area (Å²) in [6.45, 7) is 0. The van der Waals surface area contributed by atoms with Gasteiger partial charge in [0, 0.05) is 0 Å². The zero-order valence-corrected chi connectivity index (χ0v) is 6.94. The molecule has 0 heterocycles. The van der Waals surface area contributed by atoms with Crippen molar-refractivity contribution in [2.24, 2.45) is 0 Å². The molecule has 1 unspecified atom stereocenters. The summed E-state index contributed by atoms with van der Waals surface area (Å²) < 4.78 is 30.6. The minimum Gasteiger partial charge on any atom is -0.775 e. The summed E-state index contributed by atoms with van der Waals surface area (Å²) in [5.74, 6) is 0. The van der Waals surface area contributed by atoms with Gasteiger partial charge >= 0.3 is 29.6 Å². The third-order valence-electron chi connectivity index (χ3n) is 0.247. The van der Waals surface area contributed by atoms with Crippen LogP contribution in [0.2, 0.25) is 0 Å². The molecule has 0 aliphatic rings. The summed E-state index contributed by atoms with van der Waals surface area (Å²) in [6, 6.07) is 0. The van der Waals surface area contributed by atoms with Crippen LogP contribution in [0.5, 0.6) is 0 Å². The van der Waals surface area contributed by atoms with Crippen LogP contribution in [0.4, 0.5) is 8.78 Å². The Hall–Kier alpha value is 1.01. The van der Waals surface area contributed by atoms with Crippen molar-refractivity contribution >= 4 is 7.60 Å². The Labute approximate surface area is 66.5 Å². The van der Waals surface area contributed by atoms with Crippen LogP contribution in [0.25, 0.3) is 0 Å². The van der Waals surface area contributed by atoms with E-state index in [0.717, 1.165) is 0 Å². The second kappa shape index (κ2) is 3.93. The summed E-state index contributed by atoms with van der Waals surface area (Å²) >= 11 is 0. The van der Waals surface area contributed by atoms with Crippen molar-refractivity contribution in [2.75, 3.05) is 0 Å². The Balaban J connectivity index is 0. The van der Waals surface area contributed by atoms with Gasteiger partial charge in [-0.2, -0.15) is 0 Å². The Morgan fingerprint density at radius 3 is 1.75 bits per heavy atom. The molecule has 0 rings (SSSR count). The fourth-order valence-electron chi connectivity index (χ4n) is 0. The zero-order chi connectivity index (χ0) is 6.08. The predicted molar refractivity (Wildman–Crippen MR) is 15.8 cm³/mol. The van der Waals surface area contributed by atoms with Crippen LogP contribution in [-0.2, 0) is 4.57 Å². The average molecular weight is 154 g/mol. The number of alkyl halides is 2. The maximum atomic E-state index is 10.7. The molecule has 1 N–H and O–H groups in total. The van der Waals surface area contributed by atoms with E-state index in [2.05, 4.69) is 0 Å². The maximum Gasteiger partial charge on any atom is 1.00 e. The Kier molecular flexibility index (Phi) is 5.78. The predicted octanol–water partition coefficient (Wildman–Crippen LogP) is -3.24. The third-order valence-corrected chi connectivity index (χ3v) is 0.740. The van der Waals surface area contributed by atoms with E-state index in [9.17, 15) is 8.78 Å². The Morgan fingerprint density at radius 1 is 1.62 bits per heavy atom. The number of rotatable bonds is 1. The summed E-state index contributed by atoms with van der Waals surface area (Å²) in [5.41, 5.74) is 0. The van der Waals surface area contributed by atoms with Gasteiger partial charge in [0.05, 0.1) is 0 Å². The van der Waals surface area contributed by atoms with Gasteiger partial charge in [0.2, 0.25) is 0 Å². The van der Waals surface area contributed by atoms with Gasteiger partial charge in [-0.05, 0) is 0 Å². The second-order valence-electron chi connectivity index (χ2n) is 0.842. The molecule has 0 spiro atoms. The number of hydrogen-bond donors (Lipinski definition) is 1. The fraction of sp³-hybridized carbons (Fsp3) is 1.00. The van der Waals surface area contributed by atoms with Crippen LogP contribution in [0.15, 0.2) is 0 Å². The normalized spacial score (nSPS) is 17.1. The molecule has 3 nitrogen and oxygen atoms in total. The topological polar surface area (TPSA) is 60.4 Å². The van der Waals surface area contributed by atoms with Crippen molar-refractivity contribution in [1.29, 1.82) is 0 Å².